The number of nitrogens with zero attached hydrogens (tertiary/aromatic N) is 5. The second-order valence-electron chi connectivity index (χ2n) is 6.42. The van der Waals surface area contributed by atoms with Gasteiger partial charge in [0.25, 0.3) is 0 Å². The van der Waals surface area contributed by atoms with Crippen LogP contribution in [0, 0.1) is 11.8 Å². The number of aryl methyl sites for hydroxylation is 1. The highest BCUT2D eigenvalue weighted by molar-refractivity contribution is 7.09. The average molecular weight is 305 g/mol. The van der Waals surface area contributed by atoms with Crippen LogP contribution in [-0.4, -0.2) is 32.2 Å². The number of hydrogen-bond donors (Lipinski definition) is 0. The molecule has 1 aliphatic rings. The number of anilines is 1. The summed E-state index contributed by atoms with van der Waals surface area (Å²) in [6.07, 6.45) is 7.42. The molecule has 1 aliphatic heterocycles. The molecular formula is C15H23N5S. The first-order chi connectivity index (χ1) is 10.1. The van der Waals surface area contributed by atoms with E-state index < -0.39 is 0 Å². The summed E-state index contributed by atoms with van der Waals surface area (Å²) in [6, 6.07) is 0. The maximum atomic E-state index is 4.69. The fourth-order valence-electron chi connectivity index (χ4n) is 2.90. The standard InChI is InChI=1S/C15H23N5S/c1-11(2)6-14-17-15(21-18-14)20-5-4-12(10-20)7-13-8-16-19(3)9-13/h8-9,11-12H,4-7,10H2,1-3H3. The third-order valence-electron chi connectivity index (χ3n) is 3.89. The van der Waals surface area contributed by atoms with Gasteiger partial charge in [0.2, 0.25) is 5.13 Å². The van der Waals surface area contributed by atoms with Crippen molar-refractivity contribution in [3.05, 3.63) is 23.8 Å². The van der Waals surface area contributed by atoms with E-state index in [-0.39, 0.29) is 0 Å². The van der Waals surface area contributed by atoms with Gasteiger partial charge in [0.1, 0.15) is 5.82 Å². The molecule has 0 amide bonds. The minimum absolute atomic E-state index is 0.615. The Kier molecular flexibility index (Phi) is 4.24. The highest BCUT2D eigenvalue weighted by Gasteiger charge is 2.25. The Bertz CT molecular complexity index is 588. The van der Waals surface area contributed by atoms with Crippen LogP contribution >= 0.6 is 11.5 Å². The smallest absolute Gasteiger partial charge is 0.205 e. The van der Waals surface area contributed by atoms with E-state index >= 15 is 0 Å². The van der Waals surface area contributed by atoms with E-state index in [0.29, 0.717) is 11.8 Å². The van der Waals surface area contributed by atoms with Crippen LogP contribution in [0.5, 0.6) is 0 Å². The fraction of sp³-hybridized carbons (Fsp3) is 0.667. The summed E-state index contributed by atoms with van der Waals surface area (Å²) in [5.74, 6) is 2.32. The lowest BCUT2D eigenvalue weighted by Crippen LogP contribution is -2.20. The van der Waals surface area contributed by atoms with Crippen molar-refractivity contribution in [3.8, 4) is 0 Å². The lowest BCUT2D eigenvalue weighted by molar-refractivity contribution is 0.586. The molecular weight excluding hydrogens is 282 g/mol. The minimum atomic E-state index is 0.615. The molecule has 114 valence electrons. The molecule has 3 rings (SSSR count). The minimum Gasteiger partial charge on any atom is -0.347 e. The summed E-state index contributed by atoms with van der Waals surface area (Å²) in [5, 5.41) is 5.35. The van der Waals surface area contributed by atoms with E-state index in [9.17, 15) is 0 Å². The van der Waals surface area contributed by atoms with Gasteiger partial charge in [0, 0.05) is 44.3 Å². The van der Waals surface area contributed by atoms with Crippen LogP contribution in [0.2, 0.25) is 0 Å². The number of hydrogen-bond acceptors (Lipinski definition) is 5. The zero-order valence-electron chi connectivity index (χ0n) is 13.0. The van der Waals surface area contributed by atoms with Crippen LogP contribution in [0.15, 0.2) is 12.4 Å². The predicted molar refractivity (Wildman–Crippen MR) is 85.7 cm³/mol. The van der Waals surface area contributed by atoms with Crippen LogP contribution in [0.1, 0.15) is 31.7 Å². The molecule has 2 aromatic heterocycles. The fourth-order valence-corrected chi connectivity index (χ4v) is 3.63. The monoisotopic (exact) mass is 305 g/mol. The van der Waals surface area contributed by atoms with Gasteiger partial charge < -0.3 is 4.90 Å². The maximum Gasteiger partial charge on any atom is 0.205 e. The van der Waals surface area contributed by atoms with Crippen LogP contribution in [0.4, 0.5) is 5.13 Å². The Balaban J connectivity index is 1.57. The van der Waals surface area contributed by atoms with Crippen molar-refractivity contribution in [3.63, 3.8) is 0 Å². The van der Waals surface area contributed by atoms with E-state index in [1.54, 1.807) is 11.5 Å². The molecule has 0 N–H and O–H groups in total. The molecule has 5 nitrogen and oxygen atoms in total. The van der Waals surface area contributed by atoms with Gasteiger partial charge in [-0.3, -0.25) is 4.68 Å². The van der Waals surface area contributed by atoms with Crippen molar-refractivity contribution in [2.45, 2.75) is 33.1 Å². The van der Waals surface area contributed by atoms with E-state index in [4.69, 9.17) is 4.98 Å². The molecule has 2 aromatic rings. The van der Waals surface area contributed by atoms with Crippen molar-refractivity contribution in [1.29, 1.82) is 0 Å². The van der Waals surface area contributed by atoms with Crippen molar-refractivity contribution >= 4 is 16.7 Å². The van der Waals surface area contributed by atoms with Crippen LogP contribution in [0.3, 0.4) is 0 Å². The zero-order chi connectivity index (χ0) is 14.8. The molecule has 0 saturated carbocycles. The van der Waals surface area contributed by atoms with Crippen molar-refractivity contribution < 1.29 is 0 Å². The van der Waals surface area contributed by atoms with Crippen molar-refractivity contribution in [1.82, 2.24) is 19.1 Å². The summed E-state index contributed by atoms with van der Waals surface area (Å²) in [7, 11) is 1.97. The Morgan fingerprint density at radius 2 is 2.29 bits per heavy atom. The Morgan fingerprint density at radius 1 is 1.43 bits per heavy atom. The van der Waals surface area contributed by atoms with Crippen LogP contribution in [-0.2, 0) is 19.9 Å². The highest BCUT2D eigenvalue weighted by Crippen LogP contribution is 2.27. The summed E-state index contributed by atoms with van der Waals surface area (Å²) >= 11 is 1.55. The lowest BCUT2D eigenvalue weighted by atomic mass is 10.0. The summed E-state index contributed by atoms with van der Waals surface area (Å²) < 4.78 is 6.37. The SMILES string of the molecule is CC(C)Cc1nsc(N2CCC(Cc3cnn(C)c3)C2)n1. The van der Waals surface area contributed by atoms with Gasteiger partial charge in [-0.25, -0.2) is 4.98 Å². The van der Waals surface area contributed by atoms with Crippen molar-refractivity contribution in [2.75, 3.05) is 18.0 Å². The molecule has 6 heteroatoms. The molecule has 0 bridgehead atoms. The van der Waals surface area contributed by atoms with Crippen molar-refractivity contribution in [2.24, 2.45) is 18.9 Å². The van der Waals surface area contributed by atoms with Gasteiger partial charge >= 0.3 is 0 Å². The molecule has 1 atom stereocenters. The number of aromatic nitrogens is 4. The Hall–Kier alpha value is -1.43. The quantitative estimate of drug-likeness (QED) is 0.851. The normalized spacial score (nSPS) is 18.9. The van der Waals surface area contributed by atoms with Gasteiger partial charge in [-0.1, -0.05) is 13.8 Å². The van der Waals surface area contributed by atoms with Gasteiger partial charge in [-0.05, 0) is 30.2 Å². The largest absolute Gasteiger partial charge is 0.347 e. The molecule has 0 radical (unpaired) electrons. The summed E-state index contributed by atoms with van der Waals surface area (Å²) in [4.78, 5) is 7.09. The highest BCUT2D eigenvalue weighted by atomic mass is 32.1. The second kappa shape index (κ2) is 6.13. The maximum absolute atomic E-state index is 4.69. The van der Waals surface area contributed by atoms with Gasteiger partial charge in [0.05, 0.1) is 6.20 Å². The van der Waals surface area contributed by atoms with E-state index in [0.717, 1.165) is 36.9 Å². The zero-order valence-corrected chi connectivity index (χ0v) is 13.8. The van der Waals surface area contributed by atoms with E-state index in [1.807, 2.05) is 17.9 Å². The first-order valence-corrected chi connectivity index (χ1v) is 8.42. The molecule has 1 unspecified atom stereocenters. The summed E-state index contributed by atoms with van der Waals surface area (Å²) in [5.41, 5.74) is 1.34. The van der Waals surface area contributed by atoms with Gasteiger partial charge in [0.15, 0.2) is 0 Å². The third-order valence-corrected chi connectivity index (χ3v) is 4.70. The molecule has 1 fully saturated rings. The summed E-state index contributed by atoms with van der Waals surface area (Å²) in [6.45, 7) is 6.60. The molecule has 0 aliphatic carbocycles. The first kappa shape index (κ1) is 14.5. The molecule has 21 heavy (non-hydrogen) atoms. The number of rotatable bonds is 5. The first-order valence-electron chi connectivity index (χ1n) is 7.65. The topological polar surface area (TPSA) is 46.8 Å². The van der Waals surface area contributed by atoms with Crippen LogP contribution in [0.25, 0.3) is 0 Å². The molecule has 0 aromatic carbocycles. The average Bonchev–Trinajstić information content (AvgIpc) is 3.11. The van der Waals surface area contributed by atoms with E-state index in [1.165, 1.54) is 12.0 Å². The Labute approximate surface area is 130 Å². The van der Waals surface area contributed by atoms with Crippen LogP contribution < -0.4 is 4.90 Å². The third kappa shape index (κ3) is 3.61. The van der Waals surface area contributed by atoms with Gasteiger partial charge in [-0.15, -0.1) is 0 Å². The Morgan fingerprint density at radius 3 is 3.00 bits per heavy atom. The second-order valence-corrected chi connectivity index (χ2v) is 7.15. The van der Waals surface area contributed by atoms with E-state index in [2.05, 4.69) is 34.4 Å². The predicted octanol–water partition coefficient (Wildman–Crippen LogP) is 2.54. The lowest BCUT2D eigenvalue weighted by Gasteiger charge is -2.13. The molecule has 1 saturated heterocycles. The molecule has 3 heterocycles. The molecule has 0 spiro atoms. The van der Waals surface area contributed by atoms with Gasteiger partial charge in [-0.2, -0.15) is 9.47 Å².